The molecule has 2 aliphatic heterocycles. The van der Waals surface area contributed by atoms with Crippen molar-refractivity contribution in [1.29, 1.82) is 0 Å². The first-order valence-corrected chi connectivity index (χ1v) is 10.1. The van der Waals surface area contributed by atoms with Gasteiger partial charge in [0.25, 0.3) is 17.4 Å². The number of carbonyl (C=O) groups excluding carboxylic acids is 2. The number of carbonyl (C=O) groups is 2. The van der Waals surface area contributed by atoms with Crippen LogP contribution in [-0.4, -0.2) is 45.9 Å². The average Bonchev–Trinajstić information content (AvgIpc) is 3.36. The molecule has 1 N–H and O–H groups in total. The Kier molecular flexibility index (Phi) is 5.56. The molecule has 0 aliphatic carbocycles. The van der Waals surface area contributed by atoms with E-state index in [2.05, 4.69) is 0 Å². The third-order valence-electron chi connectivity index (χ3n) is 5.69. The van der Waals surface area contributed by atoms with Crippen LogP contribution in [0.4, 0.5) is 5.69 Å². The van der Waals surface area contributed by atoms with Gasteiger partial charge in [-0.3, -0.25) is 19.7 Å². The SMILES string of the molecule is Cc1ccc(/C(O)=C2\C(=O)C(=O)N(CC3CCCO3)C2c2cccc([N+](=O)[O-])c2)cc1. The summed E-state index contributed by atoms with van der Waals surface area (Å²) < 4.78 is 5.65. The zero-order chi connectivity index (χ0) is 22.1. The van der Waals surface area contributed by atoms with E-state index in [0.29, 0.717) is 17.7 Å². The lowest BCUT2D eigenvalue weighted by molar-refractivity contribution is -0.384. The summed E-state index contributed by atoms with van der Waals surface area (Å²) in [5, 5.41) is 22.3. The summed E-state index contributed by atoms with van der Waals surface area (Å²) in [4.78, 5) is 38.1. The minimum absolute atomic E-state index is 0.0765. The first-order valence-electron chi connectivity index (χ1n) is 10.1. The number of Topliss-reactive ketones (excluding diaryl/α,β-unsaturated/α-hetero) is 1. The second-order valence-electron chi connectivity index (χ2n) is 7.80. The van der Waals surface area contributed by atoms with Crippen LogP contribution in [-0.2, 0) is 14.3 Å². The summed E-state index contributed by atoms with van der Waals surface area (Å²) in [6, 6.07) is 11.8. The Morgan fingerprint density at radius 3 is 2.61 bits per heavy atom. The number of nitro benzene ring substituents is 1. The van der Waals surface area contributed by atoms with Gasteiger partial charge in [-0.2, -0.15) is 0 Å². The zero-order valence-corrected chi connectivity index (χ0v) is 17.0. The van der Waals surface area contributed by atoms with Gasteiger partial charge in [-0.05, 0) is 25.3 Å². The number of likely N-dealkylation sites (tertiary alicyclic amines) is 1. The number of rotatable bonds is 5. The number of hydrogen-bond acceptors (Lipinski definition) is 6. The van der Waals surface area contributed by atoms with Gasteiger partial charge in [0.2, 0.25) is 0 Å². The van der Waals surface area contributed by atoms with Gasteiger partial charge < -0.3 is 14.7 Å². The number of ether oxygens (including phenoxy) is 1. The molecule has 8 nitrogen and oxygen atoms in total. The fraction of sp³-hybridized carbons (Fsp3) is 0.304. The molecule has 0 spiro atoms. The van der Waals surface area contributed by atoms with Crippen LogP contribution in [0.1, 0.15) is 35.6 Å². The molecule has 2 aliphatic rings. The van der Waals surface area contributed by atoms with Crippen LogP contribution in [0, 0.1) is 17.0 Å². The quantitative estimate of drug-likeness (QED) is 0.260. The normalized spacial score (nSPS) is 22.8. The number of aliphatic hydroxyl groups excluding tert-OH is 1. The summed E-state index contributed by atoms with van der Waals surface area (Å²) in [5.41, 5.74) is 1.53. The largest absolute Gasteiger partial charge is 0.507 e. The van der Waals surface area contributed by atoms with Crippen molar-refractivity contribution in [1.82, 2.24) is 4.90 Å². The number of nitro groups is 1. The van der Waals surface area contributed by atoms with E-state index in [1.807, 2.05) is 6.92 Å². The lowest BCUT2D eigenvalue weighted by atomic mass is 9.94. The number of ketones is 1. The third kappa shape index (κ3) is 3.94. The van der Waals surface area contributed by atoms with Crippen molar-refractivity contribution >= 4 is 23.1 Å². The highest BCUT2D eigenvalue weighted by Gasteiger charge is 2.47. The third-order valence-corrected chi connectivity index (χ3v) is 5.69. The van der Waals surface area contributed by atoms with Crippen LogP contribution in [0.3, 0.4) is 0 Å². The highest BCUT2D eigenvalue weighted by Crippen LogP contribution is 2.40. The molecule has 2 aromatic carbocycles. The van der Waals surface area contributed by atoms with E-state index in [0.717, 1.165) is 18.4 Å². The fourth-order valence-electron chi connectivity index (χ4n) is 4.10. The smallest absolute Gasteiger partial charge is 0.295 e. The van der Waals surface area contributed by atoms with E-state index >= 15 is 0 Å². The maximum Gasteiger partial charge on any atom is 0.295 e. The van der Waals surface area contributed by atoms with Gasteiger partial charge >= 0.3 is 0 Å². The molecule has 31 heavy (non-hydrogen) atoms. The van der Waals surface area contributed by atoms with Crippen LogP contribution in [0.15, 0.2) is 54.1 Å². The van der Waals surface area contributed by atoms with Crippen molar-refractivity contribution in [3.63, 3.8) is 0 Å². The first kappa shape index (κ1) is 20.7. The van der Waals surface area contributed by atoms with Crippen molar-refractivity contribution in [2.45, 2.75) is 31.9 Å². The summed E-state index contributed by atoms with van der Waals surface area (Å²) >= 11 is 0. The van der Waals surface area contributed by atoms with Gasteiger partial charge in [-0.1, -0.05) is 42.0 Å². The highest BCUT2D eigenvalue weighted by atomic mass is 16.6. The topological polar surface area (TPSA) is 110 Å². The molecule has 0 saturated carbocycles. The van der Waals surface area contributed by atoms with Gasteiger partial charge in [-0.25, -0.2) is 0 Å². The Labute approximate surface area is 178 Å². The Bertz CT molecular complexity index is 1070. The molecule has 2 atom stereocenters. The van der Waals surface area contributed by atoms with Crippen LogP contribution < -0.4 is 0 Å². The van der Waals surface area contributed by atoms with Gasteiger partial charge in [0.05, 0.1) is 22.6 Å². The molecule has 2 fully saturated rings. The molecule has 4 rings (SSSR count). The Hall–Kier alpha value is -3.52. The molecule has 8 heteroatoms. The van der Waals surface area contributed by atoms with E-state index in [9.17, 15) is 24.8 Å². The molecule has 2 aromatic rings. The van der Waals surface area contributed by atoms with E-state index in [4.69, 9.17) is 4.74 Å². The molecular formula is C23H22N2O6. The Morgan fingerprint density at radius 1 is 1.23 bits per heavy atom. The lowest BCUT2D eigenvalue weighted by Gasteiger charge is -2.27. The molecule has 1 amide bonds. The molecule has 0 bridgehead atoms. The Morgan fingerprint density at radius 2 is 1.97 bits per heavy atom. The second-order valence-corrected chi connectivity index (χ2v) is 7.80. The predicted octanol–water partition coefficient (Wildman–Crippen LogP) is 3.50. The molecular weight excluding hydrogens is 400 g/mol. The van der Waals surface area contributed by atoms with Crippen molar-refractivity contribution < 1.29 is 24.4 Å². The number of non-ortho nitro benzene ring substituents is 1. The highest BCUT2D eigenvalue weighted by molar-refractivity contribution is 6.46. The minimum Gasteiger partial charge on any atom is -0.507 e. The van der Waals surface area contributed by atoms with E-state index < -0.39 is 22.7 Å². The molecule has 2 saturated heterocycles. The van der Waals surface area contributed by atoms with Crippen molar-refractivity contribution in [3.05, 3.63) is 80.9 Å². The number of aliphatic hydroxyl groups is 1. The number of nitrogens with zero attached hydrogens (tertiary/aromatic N) is 2. The number of benzene rings is 2. The summed E-state index contributed by atoms with van der Waals surface area (Å²) in [6.45, 7) is 2.65. The summed E-state index contributed by atoms with van der Waals surface area (Å²) in [6.07, 6.45) is 1.39. The lowest BCUT2D eigenvalue weighted by Crippen LogP contribution is -2.36. The van der Waals surface area contributed by atoms with E-state index in [-0.39, 0.29) is 29.7 Å². The molecule has 0 radical (unpaired) electrons. The van der Waals surface area contributed by atoms with Crippen molar-refractivity contribution in [3.8, 4) is 0 Å². The van der Waals surface area contributed by atoms with Crippen molar-refractivity contribution in [2.75, 3.05) is 13.2 Å². The Balaban J connectivity index is 1.85. The predicted molar refractivity (Wildman–Crippen MR) is 112 cm³/mol. The molecule has 160 valence electrons. The second kappa shape index (κ2) is 8.31. The number of hydrogen-bond donors (Lipinski definition) is 1. The van der Waals surface area contributed by atoms with Crippen LogP contribution in [0.2, 0.25) is 0 Å². The average molecular weight is 422 g/mol. The van der Waals surface area contributed by atoms with Crippen molar-refractivity contribution in [2.24, 2.45) is 0 Å². The molecule has 0 aromatic heterocycles. The fourth-order valence-corrected chi connectivity index (χ4v) is 4.10. The van der Waals surface area contributed by atoms with Gasteiger partial charge in [0.15, 0.2) is 0 Å². The minimum atomic E-state index is -0.939. The molecule has 2 heterocycles. The van der Waals surface area contributed by atoms with Crippen LogP contribution in [0.25, 0.3) is 5.76 Å². The van der Waals surface area contributed by atoms with E-state index in [1.165, 1.54) is 23.1 Å². The first-order chi connectivity index (χ1) is 14.9. The van der Waals surface area contributed by atoms with Gasteiger partial charge in [0, 0.05) is 30.8 Å². The maximum absolute atomic E-state index is 13.0. The zero-order valence-electron chi connectivity index (χ0n) is 17.0. The molecule has 2 unspecified atom stereocenters. The number of amides is 1. The summed E-state index contributed by atoms with van der Waals surface area (Å²) in [7, 11) is 0. The number of aryl methyl sites for hydroxylation is 1. The maximum atomic E-state index is 13.0. The standard InChI is InChI=1S/C23H22N2O6/c1-14-7-9-15(10-8-14)21(26)19-20(16-4-2-5-17(12-16)25(29)30)24(23(28)22(19)27)13-18-6-3-11-31-18/h2,4-5,7-10,12,18,20,26H,3,6,11,13H2,1H3/b21-19+. The monoisotopic (exact) mass is 422 g/mol. The van der Waals surface area contributed by atoms with Gasteiger partial charge in [-0.15, -0.1) is 0 Å². The van der Waals surface area contributed by atoms with Crippen LogP contribution in [0.5, 0.6) is 0 Å². The van der Waals surface area contributed by atoms with E-state index in [1.54, 1.807) is 30.3 Å². The summed E-state index contributed by atoms with van der Waals surface area (Å²) in [5.74, 6) is -1.86. The van der Waals surface area contributed by atoms with Crippen LogP contribution >= 0.6 is 0 Å². The van der Waals surface area contributed by atoms with Gasteiger partial charge in [0.1, 0.15) is 5.76 Å².